The maximum absolute atomic E-state index is 12.8. The standard InChI is InChI=1S/C18H22O8/c1-4-6-12(20)26-18(2)16(22)10-9-25-11(7-5-8-19)15(24-3)13(10)14(21)17(18)23/h9,19,21H,4-8H2,1-3H3/t18-/m1/s1. The van der Waals surface area contributed by atoms with Gasteiger partial charge in [-0.3, -0.25) is 14.4 Å². The van der Waals surface area contributed by atoms with Crippen LogP contribution in [0.1, 0.15) is 39.5 Å². The second-order valence-corrected chi connectivity index (χ2v) is 6.07. The summed E-state index contributed by atoms with van der Waals surface area (Å²) in [4.78, 5) is 37.3. The number of hydrogen-bond donors (Lipinski definition) is 2. The largest absolute Gasteiger partial charge is 0.504 e. The number of ether oxygens (including phenoxy) is 3. The van der Waals surface area contributed by atoms with Crippen molar-refractivity contribution in [2.24, 2.45) is 0 Å². The highest BCUT2D eigenvalue weighted by atomic mass is 16.6. The Bertz CT molecular complexity index is 727. The first-order chi connectivity index (χ1) is 12.3. The molecular weight excluding hydrogens is 344 g/mol. The van der Waals surface area contributed by atoms with Gasteiger partial charge in [0.2, 0.25) is 17.2 Å². The van der Waals surface area contributed by atoms with Crippen molar-refractivity contribution in [3.8, 4) is 0 Å². The number of aliphatic hydroxyl groups is 2. The number of rotatable bonds is 7. The van der Waals surface area contributed by atoms with Crippen LogP contribution in [0, 0.1) is 0 Å². The van der Waals surface area contributed by atoms with Crippen molar-refractivity contribution in [3.05, 3.63) is 34.7 Å². The zero-order valence-electron chi connectivity index (χ0n) is 15.0. The van der Waals surface area contributed by atoms with Crippen molar-refractivity contribution in [2.45, 2.75) is 45.1 Å². The molecule has 2 N–H and O–H groups in total. The SMILES string of the molecule is CCCC(=O)O[C@]1(C)C(=O)C2=COC(CCCO)=C(OC)C2=C(O)C1=O. The highest BCUT2D eigenvalue weighted by molar-refractivity contribution is 6.27. The van der Waals surface area contributed by atoms with E-state index in [1.807, 2.05) is 0 Å². The van der Waals surface area contributed by atoms with E-state index in [-0.39, 0.29) is 42.1 Å². The Morgan fingerprint density at radius 2 is 2.00 bits per heavy atom. The van der Waals surface area contributed by atoms with Crippen LogP contribution in [0.5, 0.6) is 0 Å². The maximum atomic E-state index is 12.8. The molecule has 1 heterocycles. The van der Waals surface area contributed by atoms with E-state index in [0.29, 0.717) is 12.8 Å². The molecule has 0 radical (unpaired) electrons. The summed E-state index contributed by atoms with van der Waals surface area (Å²) in [6.45, 7) is 2.82. The highest BCUT2D eigenvalue weighted by Crippen LogP contribution is 2.40. The molecule has 142 valence electrons. The molecule has 0 fully saturated rings. The van der Waals surface area contributed by atoms with Crippen LogP contribution < -0.4 is 0 Å². The second kappa shape index (κ2) is 7.74. The zero-order valence-corrected chi connectivity index (χ0v) is 15.0. The minimum Gasteiger partial charge on any atom is -0.504 e. The summed E-state index contributed by atoms with van der Waals surface area (Å²) in [6.07, 6.45) is 2.28. The molecule has 1 atom stereocenters. The molecule has 0 amide bonds. The molecule has 8 heteroatoms. The summed E-state index contributed by atoms with van der Waals surface area (Å²) in [6, 6.07) is 0. The quantitative estimate of drug-likeness (QED) is 0.515. The van der Waals surface area contributed by atoms with Gasteiger partial charge in [0.25, 0.3) is 0 Å². The van der Waals surface area contributed by atoms with E-state index in [2.05, 4.69) is 0 Å². The van der Waals surface area contributed by atoms with Crippen molar-refractivity contribution in [2.75, 3.05) is 13.7 Å². The summed E-state index contributed by atoms with van der Waals surface area (Å²) in [5, 5.41) is 19.4. The molecule has 0 spiro atoms. The Kier molecular flexibility index (Phi) is 5.86. The number of fused-ring (bicyclic) bond motifs is 1. The van der Waals surface area contributed by atoms with E-state index in [0.717, 1.165) is 13.2 Å². The molecule has 0 bridgehead atoms. The molecule has 26 heavy (non-hydrogen) atoms. The lowest BCUT2D eigenvalue weighted by Crippen LogP contribution is -2.52. The summed E-state index contributed by atoms with van der Waals surface area (Å²) < 4.78 is 15.7. The van der Waals surface area contributed by atoms with Crippen LogP contribution in [0.15, 0.2) is 34.7 Å². The van der Waals surface area contributed by atoms with Crippen LogP contribution >= 0.6 is 0 Å². The van der Waals surface area contributed by atoms with E-state index in [1.165, 1.54) is 7.11 Å². The topological polar surface area (TPSA) is 119 Å². The summed E-state index contributed by atoms with van der Waals surface area (Å²) >= 11 is 0. The van der Waals surface area contributed by atoms with E-state index in [9.17, 15) is 19.5 Å². The van der Waals surface area contributed by atoms with Crippen molar-refractivity contribution in [3.63, 3.8) is 0 Å². The van der Waals surface area contributed by atoms with Gasteiger partial charge >= 0.3 is 5.97 Å². The van der Waals surface area contributed by atoms with E-state index < -0.39 is 28.9 Å². The van der Waals surface area contributed by atoms with Gasteiger partial charge in [-0.1, -0.05) is 6.92 Å². The van der Waals surface area contributed by atoms with Gasteiger partial charge in [-0.15, -0.1) is 0 Å². The van der Waals surface area contributed by atoms with Crippen LogP contribution in [0.25, 0.3) is 0 Å². The first-order valence-electron chi connectivity index (χ1n) is 8.32. The second-order valence-electron chi connectivity index (χ2n) is 6.07. The summed E-state index contributed by atoms with van der Waals surface area (Å²) in [5.74, 6) is -2.94. The molecule has 8 nitrogen and oxygen atoms in total. The minimum atomic E-state index is -2.16. The molecule has 2 rings (SSSR count). The third kappa shape index (κ3) is 3.24. The Balaban J connectivity index is 2.50. The highest BCUT2D eigenvalue weighted by Gasteiger charge is 2.54. The van der Waals surface area contributed by atoms with Gasteiger partial charge in [-0.05, 0) is 19.8 Å². The predicted molar refractivity (Wildman–Crippen MR) is 88.6 cm³/mol. The van der Waals surface area contributed by atoms with Gasteiger partial charge in [-0.2, -0.15) is 0 Å². The summed E-state index contributed by atoms with van der Waals surface area (Å²) in [5.41, 5.74) is -2.36. The molecule has 0 aromatic rings. The van der Waals surface area contributed by atoms with Crippen molar-refractivity contribution < 1.29 is 38.8 Å². The van der Waals surface area contributed by atoms with Crippen LogP contribution in [0.2, 0.25) is 0 Å². The van der Waals surface area contributed by atoms with Gasteiger partial charge in [0.15, 0.2) is 11.5 Å². The minimum absolute atomic E-state index is 0.0390. The normalized spacial score (nSPS) is 22.7. The number of carbonyl (C=O) groups is 3. The average Bonchev–Trinajstić information content (AvgIpc) is 2.62. The number of ketones is 2. The number of methoxy groups -OCH3 is 1. The lowest BCUT2D eigenvalue weighted by Gasteiger charge is -2.34. The van der Waals surface area contributed by atoms with Crippen molar-refractivity contribution in [1.29, 1.82) is 0 Å². The molecule has 0 aromatic carbocycles. The van der Waals surface area contributed by atoms with Gasteiger partial charge in [-0.25, -0.2) is 0 Å². The first-order valence-corrected chi connectivity index (χ1v) is 8.32. The number of aliphatic hydroxyl groups excluding tert-OH is 2. The van der Waals surface area contributed by atoms with Crippen LogP contribution in [-0.2, 0) is 28.6 Å². The molecule has 2 aliphatic rings. The predicted octanol–water partition coefficient (Wildman–Crippen LogP) is 1.60. The fourth-order valence-electron chi connectivity index (χ4n) is 2.81. The number of hydrogen-bond acceptors (Lipinski definition) is 8. The smallest absolute Gasteiger partial charge is 0.307 e. The number of esters is 1. The average molecular weight is 366 g/mol. The molecule has 0 saturated heterocycles. The molecule has 0 saturated carbocycles. The lowest BCUT2D eigenvalue weighted by molar-refractivity contribution is -0.170. The molecule has 1 aliphatic heterocycles. The zero-order chi connectivity index (χ0) is 19.5. The summed E-state index contributed by atoms with van der Waals surface area (Å²) in [7, 11) is 1.31. The van der Waals surface area contributed by atoms with Crippen molar-refractivity contribution in [1.82, 2.24) is 0 Å². The Morgan fingerprint density at radius 3 is 2.58 bits per heavy atom. The molecule has 0 aromatic heterocycles. The van der Waals surface area contributed by atoms with Crippen LogP contribution in [-0.4, -0.2) is 47.1 Å². The van der Waals surface area contributed by atoms with Gasteiger partial charge < -0.3 is 24.4 Å². The van der Waals surface area contributed by atoms with Gasteiger partial charge in [0.1, 0.15) is 12.0 Å². The number of allylic oxidation sites excluding steroid dienone is 2. The first kappa shape index (κ1) is 19.7. The lowest BCUT2D eigenvalue weighted by atomic mass is 9.78. The molecule has 1 aliphatic carbocycles. The van der Waals surface area contributed by atoms with E-state index in [4.69, 9.17) is 19.3 Å². The third-order valence-corrected chi connectivity index (χ3v) is 4.17. The fraction of sp³-hybridized carbons (Fsp3) is 0.500. The van der Waals surface area contributed by atoms with E-state index in [1.54, 1.807) is 6.92 Å². The monoisotopic (exact) mass is 366 g/mol. The number of Topliss-reactive ketones (excluding diaryl/α,β-unsaturated/α-hetero) is 2. The fourth-order valence-corrected chi connectivity index (χ4v) is 2.81. The Morgan fingerprint density at radius 1 is 1.31 bits per heavy atom. The number of carbonyl (C=O) groups excluding carboxylic acids is 3. The third-order valence-electron chi connectivity index (χ3n) is 4.17. The Labute approximate surface area is 150 Å². The molecular formula is C18H22O8. The van der Waals surface area contributed by atoms with Crippen LogP contribution in [0.4, 0.5) is 0 Å². The Hall–Kier alpha value is -2.61. The molecule has 0 unspecified atom stereocenters. The maximum Gasteiger partial charge on any atom is 0.307 e. The van der Waals surface area contributed by atoms with E-state index >= 15 is 0 Å². The van der Waals surface area contributed by atoms with Crippen LogP contribution in [0.3, 0.4) is 0 Å². The van der Waals surface area contributed by atoms with Crippen molar-refractivity contribution >= 4 is 17.5 Å². The van der Waals surface area contributed by atoms with Gasteiger partial charge in [0, 0.05) is 19.4 Å². The van der Waals surface area contributed by atoms with Gasteiger partial charge in [0.05, 0.1) is 18.3 Å².